The second kappa shape index (κ2) is 9.97. The highest BCUT2D eigenvalue weighted by atomic mass is 16.7. The fourth-order valence-electron chi connectivity index (χ4n) is 3.97. The zero-order valence-corrected chi connectivity index (χ0v) is 19.6. The molecule has 0 aliphatic heterocycles. The van der Waals surface area contributed by atoms with E-state index in [2.05, 4.69) is 0 Å². The van der Waals surface area contributed by atoms with Crippen molar-refractivity contribution in [2.45, 2.75) is 33.6 Å². The van der Waals surface area contributed by atoms with Gasteiger partial charge >= 0.3 is 12.3 Å². The summed E-state index contributed by atoms with van der Waals surface area (Å²) >= 11 is 0. The highest BCUT2D eigenvalue weighted by molar-refractivity contribution is 6.58. The monoisotopic (exact) mass is 476 g/mol. The van der Waals surface area contributed by atoms with Gasteiger partial charge in [0.15, 0.2) is 11.5 Å². The Morgan fingerprint density at radius 3 is 1.71 bits per heavy atom. The van der Waals surface area contributed by atoms with Crippen LogP contribution in [0.3, 0.4) is 0 Å². The minimum atomic E-state index is -1.01. The van der Waals surface area contributed by atoms with E-state index in [1.807, 2.05) is 20.8 Å². The summed E-state index contributed by atoms with van der Waals surface area (Å²) in [4.78, 5) is 51.9. The molecular weight excluding hydrogens is 452 g/mol. The van der Waals surface area contributed by atoms with Gasteiger partial charge in [0, 0.05) is 21.6 Å². The quantitative estimate of drug-likeness (QED) is 0.578. The molecule has 8 heteroatoms. The molecule has 0 spiro atoms. The van der Waals surface area contributed by atoms with Crippen LogP contribution in [-0.2, 0) is 28.5 Å². The number of rotatable bonds is 6. The van der Waals surface area contributed by atoms with E-state index in [1.54, 1.807) is 42.5 Å². The molecule has 0 N–H and O–H groups in total. The van der Waals surface area contributed by atoms with Crippen molar-refractivity contribution in [2.24, 2.45) is 0 Å². The summed E-state index contributed by atoms with van der Waals surface area (Å²) < 4.78 is 20.7. The molecule has 2 aromatic carbocycles. The van der Waals surface area contributed by atoms with E-state index in [0.29, 0.717) is 23.3 Å². The van der Waals surface area contributed by atoms with Crippen molar-refractivity contribution >= 4 is 46.5 Å². The minimum Gasteiger partial charge on any atom is -0.434 e. The Hall–Kier alpha value is -4.20. The predicted octanol–water partition coefficient (Wildman–Crippen LogP) is 1.50. The van der Waals surface area contributed by atoms with Crippen molar-refractivity contribution in [1.29, 1.82) is 0 Å². The molecule has 180 valence electrons. The van der Waals surface area contributed by atoms with Crippen molar-refractivity contribution in [1.82, 2.24) is 0 Å². The molecule has 35 heavy (non-hydrogen) atoms. The topological polar surface area (TPSA) is 105 Å². The molecule has 0 heterocycles. The molecule has 0 amide bonds. The van der Waals surface area contributed by atoms with Crippen LogP contribution < -0.4 is 20.9 Å². The lowest BCUT2D eigenvalue weighted by Crippen LogP contribution is -2.48. The maximum Gasteiger partial charge on any atom is 0.513 e. The zero-order chi connectivity index (χ0) is 25.1. The van der Waals surface area contributed by atoms with Gasteiger partial charge in [-0.1, -0.05) is 55.8 Å². The average molecular weight is 476 g/mol. The molecular formula is C27H24O8. The molecule has 0 atom stereocenters. The molecule has 8 nitrogen and oxygen atoms in total. The van der Waals surface area contributed by atoms with Crippen LogP contribution in [0.15, 0.2) is 42.5 Å². The average Bonchev–Trinajstić information content (AvgIpc) is 2.85. The van der Waals surface area contributed by atoms with Crippen LogP contribution >= 0.6 is 0 Å². The molecule has 0 aromatic heterocycles. The number of hydrogen-bond acceptors (Lipinski definition) is 8. The number of ketones is 2. The normalized spacial score (nSPS) is 14.1. The highest BCUT2D eigenvalue weighted by Crippen LogP contribution is 2.26. The first-order chi connectivity index (χ1) is 16.9. The smallest absolute Gasteiger partial charge is 0.434 e. The van der Waals surface area contributed by atoms with E-state index in [-0.39, 0.29) is 46.3 Å². The third kappa shape index (κ3) is 4.47. The molecule has 2 aliphatic carbocycles. The van der Waals surface area contributed by atoms with Gasteiger partial charge < -0.3 is 18.9 Å². The summed E-state index contributed by atoms with van der Waals surface area (Å²) in [6.45, 7) is 5.75. The van der Waals surface area contributed by atoms with E-state index >= 15 is 0 Å². The number of fused-ring (bicyclic) bond motifs is 3. The van der Waals surface area contributed by atoms with Crippen molar-refractivity contribution in [3.05, 3.63) is 68.9 Å². The number of ether oxygens (including phenoxy) is 4. The Morgan fingerprint density at radius 2 is 1.17 bits per heavy atom. The van der Waals surface area contributed by atoms with Gasteiger partial charge in [-0.15, -0.1) is 0 Å². The summed E-state index contributed by atoms with van der Waals surface area (Å²) in [7, 11) is 0. The van der Waals surface area contributed by atoms with Crippen molar-refractivity contribution in [3.8, 4) is 0 Å². The summed E-state index contributed by atoms with van der Waals surface area (Å²) in [6.07, 6.45) is -0.832. The van der Waals surface area contributed by atoms with E-state index in [9.17, 15) is 19.2 Å². The standard InChI is InChI=1S/C27H24O8/c1-4-12-32-26(30)34-24-18-9-7-6-8-16(18)20-21(22(24)28)17-11-10-15(3)14-19(17)25(23(20)29)35-27(31)33-13-5-2/h6-11,14H,4-5,12-13H2,1-3H3. The van der Waals surface area contributed by atoms with Crippen LogP contribution in [0.4, 0.5) is 9.59 Å². The van der Waals surface area contributed by atoms with E-state index in [0.717, 1.165) is 5.56 Å². The Labute approximate surface area is 200 Å². The van der Waals surface area contributed by atoms with Crippen molar-refractivity contribution in [3.63, 3.8) is 0 Å². The second-order valence-electron chi connectivity index (χ2n) is 8.06. The Bertz CT molecular complexity index is 1500. The van der Waals surface area contributed by atoms with E-state index < -0.39 is 23.9 Å². The highest BCUT2D eigenvalue weighted by Gasteiger charge is 2.37. The molecule has 0 fully saturated rings. The number of benzene rings is 2. The lowest BCUT2D eigenvalue weighted by atomic mass is 9.83. The van der Waals surface area contributed by atoms with Crippen LogP contribution in [0.25, 0.3) is 22.7 Å². The van der Waals surface area contributed by atoms with Gasteiger partial charge in [-0.3, -0.25) is 9.59 Å². The summed E-state index contributed by atoms with van der Waals surface area (Å²) in [5.41, 5.74) is 0.918. The molecule has 0 radical (unpaired) electrons. The lowest BCUT2D eigenvalue weighted by molar-refractivity contribution is -0.112. The fourth-order valence-corrected chi connectivity index (χ4v) is 3.97. The van der Waals surface area contributed by atoms with Crippen molar-refractivity contribution in [2.75, 3.05) is 13.2 Å². The fraction of sp³-hybridized carbons (Fsp3) is 0.259. The van der Waals surface area contributed by atoms with Gasteiger partial charge in [0.05, 0.1) is 13.2 Å². The minimum absolute atomic E-state index is 0.0644. The maximum atomic E-state index is 13.7. The number of Topliss-reactive ketones (excluding diaryl/α,β-unsaturated/α-hetero) is 2. The largest absolute Gasteiger partial charge is 0.513 e. The second-order valence-corrected chi connectivity index (χ2v) is 8.06. The Kier molecular flexibility index (Phi) is 6.82. The molecule has 0 saturated carbocycles. The number of hydrogen-bond donors (Lipinski definition) is 0. The Morgan fingerprint density at radius 1 is 0.686 bits per heavy atom. The first kappa shape index (κ1) is 23.9. The first-order valence-corrected chi connectivity index (χ1v) is 11.3. The first-order valence-electron chi connectivity index (χ1n) is 11.3. The molecule has 0 bridgehead atoms. The van der Waals surface area contributed by atoms with Crippen LogP contribution in [0.5, 0.6) is 0 Å². The van der Waals surface area contributed by atoms with Gasteiger partial charge in [0.1, 0.15) is 0 Å². The lowest BCUT2D eigenvalue weighted by Gasteiger charge is -2.22. The zero-order valence-electron chi connectivity index (χ0n) is 19.6. The van der Waals surface area contributed by atoms with Crippen LogP contribution in [0.1, 0.15) is 32.3 Å². The van der Waals surface area contributed by atoms with Gasteiger partial charge in [-0.05, 0) is 36.3 Å². The predicted molar refractivity (Wildman–Crippen MR) is 125 cm³/mol. The van der Waals surface area contributed by atoms with Gasteiger partial charge in [0.2, 0.25) is 11.6 Å². The molecule has 4 rings (SSSR count). The van der Waals surface area contributed by atoms with E-state index in [1.165, 1.54) is 0 Å². The summed E-state index contributed by atoms with van der Waals surface area (Å²) in [6, 6.07) is 11.7. The van der Waals surface area contributed by atoms with Crippen LogP contribution in [0.2, 0.25) is 0 Å². The van der Waals surface area contributed by atoms with Gasteiger partial charge in [-0.2, -0.15) is 0 Å². The third-order valence-electron chi connectivity index (χ3n) is 5.47. The summed E-state index contributed by atoms with van der Waals surface area (Å²) in [5.74, 6) is -1.73. The number of carbonyl (C=O) groups is 4. The maximum absolute atomic E-state index is 13.7. The molecule has 0 saturated heterocycles. The van der Waals surface area contributed by atoms with E-state index in [4.69, 9.17) is 18.9 Å². The van der Waals surface area contributed by atoms with Crippen LogP contribution in [0, 0.1) is 6.92 Å². The molecule has 0 unspecified atom stereocenters. The number of aryl methyl sites for hydroxylation is 1. The van der Waals surface area contributed by atoms with Crippen LogP contribution in [-0.4, -0.2) is 37.1 Å². The Balaban J connectivity index is 2.00. The van der Waals surface area contributed by atoms with Gasteiger partial charge in [0.25, 0.3) is 0 Å². The van der Waals surface area contributed by atoms with Crippen molar-refractivity contribution < 1.29 is 38.1 Å². The number of carbonyl (C=O) groups excluding carboxylic acids is 4. The van der Waals surface area contributed by atoms with Gasteiger partial charge in [-0.25, -0.2) is 9.59 Å². The summed E-state index contributed by atoms with van der Waals surface area (Å²) in [5, 5.41) is 1.30. The molecule has 2 aromatic rings. The third-order valence-corrected chi connectivity index (χ3v) is 5.47. The molecule has 2 aliphatic rings. The SMILES string of the molecule is CCCOC(=O)OC1=c2ccccc2=C2C(=O)C(OC(=O)OCCC)=c3cc(C)ccc3=C2C1=O.